The van der Waals surface area contributed by atoms with Crippen LogP contribution >= 0.6 is 0 Å². The Bertz CT molecular complexity index is 251. The van der Waals surface area contributed by atoms with Crippen LogP contribution in [0.4, 0.5) is 0 Å². The summed E-state index contributed by atoms with van der Waals surface area (Å²) in [4.78, 5) is 2.28. The first kappa shape index (κ1) is 10.9. The largest absolute Gasteiger partial charge is 0.374 e. The fraction of sp³-hybridized carbons (Fsp3) is 0.909. The van der Waals surface area contributed by atoms with Gasteiger partial charge in [0.05, 0.1) is 24.9 Å². The molecule has 2 aliphatic heterocycles. The van der Waals surface area contributed by atoms with E-state index in [0.717, 1.165) is 32.5 Å². The molecule has 2 aliphatic rings. The zero-order chi connectivity index (χ0) is 10.7. The molecule has 15 heavy (non-hydrogen) atoms. The van der Waals surface area contributed by atoms with E-state index in [0.29, 0.717) is 18.8 Å². The van der Waals surface area contributed by atoms with Gasteiger partial charge in [0.25, 0.3) is 0 Å². The molecule has 4 nitrogen and oxygen atoms in total. The van der Waals surface area contributed by atoms with Crippen molar-refractivity contribution in [2.24, 2.45) is 0 Å². The molecule has 0 spiro atoms. The standard InChI is InChI=1S/C11H18N2O2/c1-9-2-3-10(15-9)7-13-4-5-14-11(6-12)8-13/h9-11H,2-5,7-8H2,1H3. The Morgan fingerprint density at radius 3 is 3.00 bits per heavy atom. The van der Waals surface area contributed by atoms with Gasteiger partial charge in [0.2, 0.25) is 0 Å². The van der Waals surface area contributed by atoms with Gasteiger partial charge in [-0.3, -0.25) is 4.90 Å². The van der Waals surface area contributed by atoms with Crippen LogP contribution in [0.1, 0.15) is 19.8 Å². The van der Waals surface area contributed by atoms with Crippen molar-refractivity contribution in [3.8, 4) is 6.07 Å². The maximum absolute atomic E-state index is 8.78. The van der Waals surface area contributed by atoms with Crippen molar-refractivity contribution >= 4 is 0 Å². The predicted octanol–water partition coefficient (Wildman–Crippen LogP) is 0.778. The Kier molecular flexibility index (Phi) is 3.57. The SMILES string of the molecule is CC1CCC(CN2CCOC(C#N)C2)O1. The summed E-state index contributed by atoms with van der Waals surface area (Å²) in [6, 6.07) is 2.16. The summed E-state index contributed by atoms with van der Waals surface area (Å²) >= 11 is 0. The number of ether oxygens (including phenoxy) is 2. The predicted molar refractivity (Wildman–Crippen MR) is 55.4 cm³/mol. The minimum Gasteiger partial charge on any atom is -0.374 e. The van der Waals surface area contributed by atoms with Crippen LogP contribution in [0.2, 0.25) is 0 Å². The van der Waals surface area contributed by atoms with E-state index in [1.165, 1.54) is 0 Å². The Morgan fingerprint density at radius 1 is 1.47 bits per heavy atom. The molecule has 0 N–H and O–H groups in total. The number of nitriles is 1. The number of nitrogens with zero attached hydrogens (tertiary/aromatic N) is 2. The van der Waals surface area contributed by atoms with Crippen LogP contribution in [0.3, 0.4) is 0 Å². The van der Waals surface area contributed by atoms with Crippen LogP contribution in [0.5, 0.6) is 0 Å². The van der Waals surface area contributed by atoms with Crippen LogP contribution in [-0.4, -0.2) is 49.5 Å². The Labute approximate surface area is 90.8 Å². The molecule has 2 heterocycles. The first-order valence-electron chi connectivity index (χ1n) is 5.67. The smallest absolute Gasteiger partial charge is 0.156 e. The second kappa shape index (κ2) is 4.93. The van der Waals surface area contributed by atoms with Crippen molar-refractivity contribution < 1.29 is 9.47 Å². The fourth-order valence-corrected chi connectivity index (χ4v) is 2.25. The van der Waals surface area contributed by atoms with E-state index in [1.54, 1.807) is 0 Å². The number of rotatable bonds is 2. The summed E-state index contributed by atoms with van der Waals surface area (Å²) in [5.74, 6) is 0. The second-order valence-electron chi connectivity index (χ2n) is 4.39. The lowest BCUT2D eigenvalue weighted by molar-refractivity contribution is -0.0281. The number of morpholine rings is 1. The van der Waals surface area contributed by atoms with Crippen molar-refractivity contribution in [3.05, 3.63) is 0 Å². The monoisotopic (exact) mass is 210 g/mol. The lowest BCUT2D eigenvalue weighted by Gasteiger charge is -2.31. The average Bonchev–Trinajstić information content (AvgIpc) is 2.64. The van der Waals surface area contributed by atoms with Gasteiger partial charge >= 0.3 is 0 Å². The van der Waals surface area contributed by atoms with Crippen LogP contribution in [0.25, 0.3) is 0 Å². The quantitative estimate of drug-likeness (QED) is 0.675. The van der Waals surface area contributed by atoms with Crippen LogP contribution in [0, 0.1) is 11.3 Å². The maximum atomic E-state index is 8.78. The maximum Gasteiger partial charge on any atom is 0.156 e. The molecular formula is C11H18N2O2. The molecule has 0 saturated carbocycles. The summed E-state index contributed by atoms with van der Waals surface area (Å²) in [6.45, 7) is 5.39. The molecule has 2 saturated heterocycles. The molecule has 2 rings (SSSR count). The zero-order valence-corrected chi connectivity index (χ0v) is 9.19. The highest BCUT2D eigenvalue weighted by Gasteiger charge is 2.27. The summed E-state index contributed by atoms with van der Waals surface area (Å²) in [5.41, 5.74) is 0. The molecule has 0 aliphatic carbocycles. The van der Waals surface area contributed by atoms with Gasteiger partial charge in [-0.25, -0.2) is 0 Å². The van der Waals surface area contributed by atoms with E-state index >= 15 is 0 Å². The van der Waals surface area contributed by atoms with Gasteiger partial charge in [-0.2, -0.15) is 5.26 Å². The number of hydrogen-bond donors (Lipinski definition) is 0. The topological polar surface area (TPSA) is 45.5 Å². The van der Waals surface area contributed by atoms with Crippen LogP contribution < -0.4 is 0 Å². The molecule has 4 heteroatoms. The van der Waals surface area contributed by atoms with E-state index in [9.17, 15) is 0 Å². The van der Waals surface area contributed by atoms with Crippen molar-refractivity contribution in [2.45, 2.75) is 38.1 Å². The Hall–Kier alpha value is -0.630. The van der Waals surface area contributed by atoms with E-state index in [2.05, 4.69) is 17.9 Å². The summed E-state index contributed by atoms with van der Waals surface area (Å²) in [6.07, 6.45) is 2.82. The second-order valence-corrected chi connectivity index (χ2v) is 4.39. The van der Waals surface area contributed by atoms with Gasteiger partial charge in [-0.1, -0.05) is 0 Å². The molecule has 0 aromatic rings. The lowest BCUT2D eigenvalue weighted by atomic mass is 10.2. The third-order valence-corrected chi connectivity index (χ3v) is 3.08. The highest BCUT2D eigenvalue weighted by atomic mass is 16.5. The summed E-state index contributed by atoms with van der Waals surface area (Å²) in [5, 5.41) is 8.78. The number of hydrogen-bond acceptors (Lipinski definition) is 4. The minimum atomic E-state index is -0.252. The van der Waals surface area contributed by atoms with E-state index < -0.39 is 0 Å². The van der Waals surface area contributed by atoms with Gasteiger partial charge < -0.3 is 9.47 Å². The van der Waals surface area contributed by atoms with Crippen molar-refractivity contribution in [3.63, 3.8) is 0 Å². The minimum absolute atomic E-state index is 0.252. The molecule has 0 aromatic heterocycles. The van der Waals surface area contributed by atoms with Gasteiger partial charge in [-0.05, 0) is 19.8 Å². The molecule has 84 valence electrons. The first-order valence-corrected chi connectivity index (χ1v) is 5.67. The van der Waals surface area contributed by atoms with E-state index in [4.69, 9.17) is 14.7 Å². The molecule has 0 aromatic carbocycles. The molecule has 0 amide bonds. The first-order chi connectivity index (χ1) is 7.28. The summed E-state index contributed by atoms with van der Waals surface area (Å²) < 4.78 is 11.1. The van der Waals surface area contributed by atoms with Gasteiger partial charge in [-0.15, -0.1) is 0 Å². The van der Waals surface area contributed by atoms with E-state index in [1.807, 2.05) is 0 Å². The molecular weight excluding hydrogens is 192 g/mol. The van der Waals surface area contributed by atoms with Gasteiger partial charge in [0, 0.05) is 19.6 Å². The van der Waals surface area contributed by atoms with Gasteiger partial charge in [0.15, 0.2) is 6.10 Å². The third kappa shape index (κ3) is 2.91. The van der Waals surface area contributed by atoms with Gasteiger partial charge in [0.1, 0.15) is 0 Å². The van der Waals surface area contributed by atoms with Crippen LogP contribution in [-0.2, 0) is 9.47 Å². The summed E-state index contributed by atoms with van der Waals surface area (Å²) in [7, 11) is 0. The zero-order valence-electron chi connectivity index (χ0n) is 9.19. The molecule has 0 radical (unpaired) electrons. The molecule has 0 bridgehead atoms. The average molecular weight is 210 g/mol. The van der Waals surface area contributed by atoms with E-state index in [-0.39, 0.29) is 6.10 Å². The highest BCUT2D eigenvalue weighted by molar-refractivity contribution is 4.90. The Balaban J connectivity index is 1.77. The van der Waals surface area contributed by atoms with Crippen molar-refractivity contribution in [1.82, 2.24) is 4.90 Å². The Morgan fingerprint density at radius 2 is 2.33 bits per heavy atom. The third-order valence-electron chi connectivity index (χ3n) is 3.08. The molecule has 3 unspecified atom stereocenters. The molecule has 3 atom stereocenters. The van der Waals surface area contributed by atoms with Crippen LogP contribution in [0.15, 0.2) is 0 Å². The normalized spacial score (nSPS) is 37.7. The lowest BCUT2D eigenvalue weighted by Crippen LogP contribution is -2.45. The van der Waals surface area contributed by atoms with Crippen molar-refractivity contribution in [1.29, 1.82) is 5.26 Å². The van der Waals surface area contributed by atoms with Crippen molar-refractivity contribution in [2.75, 3.05) is 26.2 Å². The molecule has 2 fully saturated rings. The highest BCUT2D eigenvalue weighted by Crippen LogP contribution is 2.20. The fourth-order valence-electron chi connectivity index (χ4n) is 2.25.